The van der Waals surface area contributed by atoms with Gasteiger partial charge in [-0.3, -0.25) is 0 Å². The van der Waals surface area contributed by atoms with Crippen molar-refractivity contribution >= 4 is 5.88 Å². The average Bonchev–Trinajstić information content (AvgIpc) is 2.90. The predicted molar refractivity (Wildman–Crippen MR) is 75.7 cm³/mol. The van der Waals surface area contributed by atoms with Gasteiger partial charge in [-0.2, -0.15) is 0 Å². The van der Waals surface area contributed by atoms with Crippen LogP contribution >= 0.6 is 0 Å². The van der Waals surface area contributed by atoms with Crippen molar-refractivity contribution in [2.45, 2.75) is 18.8 Å². The molecular weight excluding hydrogens is 256 g/mol. The smallest absolute Gasteiger partial charge is 0.230 e. The van der Waals surface area contributed by atoms with Gasteiger partial charge < -0.3 is 19.7 Å². The van der Waals surface area contributed by atoms with Gasteiger partial charge in [-0.25, -0.2) is 0 Å². The van der Waals surface area contributed by atoms with Gasteiger partial charge in [0.25, 0.3) is 0 Å². The number of aromatic nitrogens is 1. The minimum absolute atomic E-state index is 0.242. The summed E-state index contributed by atoms with van der Waals surface area (Å²) in [5.74, 6) is 1.37. The molecule has 0 radical (unpaired) electrons. The lowest BCUT2D eigenvalue weighted by Gasteiger charge is -2.21. The fraction of sp³-hybridized carbons (Fsp3) is 0.400. The topological polar surface area (TPSA) is 70.5 Å². The zero-order valence-electron chi connectivity index (χ0n) is 11.5. The van der Waals surface area contributed by atoms with Crippen molar-refractivity contribution in [2.24, 2.45) is 0 Å². The van der Waals surface area contributed by atoms with Gasteiger partial charge in [0.05, 0.1) is 25.0 Å². The molecule has 1 atom stereocenters. The Labute approximate surface area is 117 Å². The van der Waals surface area contributed by atoms with E-state index in [1.165, 1.54) is 0 Å². The number of hydrogen-bond acceptors (Lipinski definition) is 5. The molecule has 1 aromatic carbocycles. The highest BCUT2D eigenvalue weighted by Crippen LogP contribution is 2.37. The Kier molecular flexibility index (Phi) is 3.60. The van der Waals surface area contributed by atoms with Crippen LogP contribution in [0.3, 0.4) is 0 Å². The van der Waals surface area contributed by atoms with Crippen LogP contribution in [0.25, 0.3) is 11.1 Å². The molecule has 0 bridgehead atoms. The molecule has 3 rings (SSSR count). The standard InChI is InChI=1S/C15H18N2O3/c1-18-12-6-2-4-10(8-12)13-14(17-20-15(13)16)11-5-3-7-19-9-11/h2,4,6,8,11H,3,5,7,9,16H2,1H3. The Morgan fingerprint density at radius 1 is 1.40 bits per heavy atom. The van der Waals surface area contributed by atoms with Crippen molar-refractivity contribution in [3.8, 4) is 16.9 Å². The maximum atomic E-state index is 5.96. The summed E-state index contributed by atoms with van der Waals surface area (Å²) in [6.07, 6.45) is 2.08. The molecule has 106 valence electrons. The summed E-state index contributed by atoms with van der Waals surface area (Å²) in [4.78, 5) is 0. The van der Waals surface area contributed by atoms with E-state index < -0.39 is 0 Å². The van der Waals surface area contributed by atoms with Crippen molar-refractivity contribution in [3.05, 3.63) is 30.0 Å². The number of ether oxygens (including phenoxy) is 2. The first-order valence-corrected chi connectivity index (χ1v) is 6.77. The molecule has 1 aromatic heterocycles. The van der Waals surface area contributed by atoms with Gasteiger partial charge in [0.15, 0.2) is 0 Å². The molecule has 0 aliphatic carbocycles. The molecule has 5 heteroatoms. The van der Waals surface area contributed by atoms with Gasteiger partial charge in [-0.1, -0.05) is 17.3 Å². The maximum absolute atomic E-state index is 5.96. The first-order valence-electron chi connectivity index (χ1n) is 6.77. The second-order valence-corrected chi connectivity index (χ2v) is 4.95. The quantitative estimate of drug-likeness (QED) is 0.931. The van der Waals surface area contributed by atoms with Crippen LogP contribution in [0.5, 0.6) is 5.75 Å². The monoisotopic (exact) mass is 274 g/mol. The third-order valence-electron chi connectivity index (χ3n) is 3.65. The summed E-state index contributed by atoms with van der Waals surface area (Å²) in [5, 5.41) is 4.15. The van der Waals surface area contributed by atoms with Crippen LogP contribution in [0.15, 0.2) is 28.8 Å². The number of hydrogen-bond donors (Lipinski definition) is 1. The molecular formula is C15H18N2O3. The summed E-state index contributed by atoms with van der Waals surface area (Å²) in [5.41, 5.74) is 8.67. The zero-order valence-corrected chi connectivity index (χ0v) is 11.5. The molecule has 2 aromatic rings. The van der Waals surface area contributed by atoms with Crippen molar-refractivity contribution in [2.75, 3.05) is 26.1 Å². The van der Waals surface area contributed by atoms with Crippen molar-refractivity contribution in [1.82, 2.24) is 5.16 Å². The summed E-state index contributed by atoms with van der Waals surface area (Å²) in [6, 6.07) is 7.76. The average molecular weight is 274 g/mol. The zero-order chi connectivity index (χ0) is 13.9. The highest BCUT2D eigenvalue weighted by molar-refractivity contribution is 5.76. The number of nitrogens with zero attached hydrogens (tertiary/aromatic N) is 1. The molecule has 0 saturated carbocycles. The fourth-order valence-corrected chi connectivity index (χ4v) is 2.62. The van der Waals surface area contributed by atoms with Crippen LogP contribution in [0.2, 0.25) is 0 Å². The Morgan fingerprint density at radius 2 is 2.30 bits per heavy atom. The predicted octanol–water partition coefficient (Wildman–Crippen LogP) is 2.83. The molecule has 1 aliphatic heterocycles. The number of methoxy groups -OCH3 is 1. The normalized spacial score (nSPS) is 18.9. The van der Waals surface area contributed by atoms with Crippen LogP contribution in [-0.2, 0) is 4.74 Å². The number of anilines is 1. The lowest BCUT2D eigenvalue weighted by atomic mass is 9.92. The molecule has 20 heavy (non-hydrogen) atoms. The van der Waals surface area contributed by atoms with Gasteiger partial charge in [0.1, 0.15) is 5.75 Å². The van der Waals surface area contributed by atoms with Crippen molar-refractivity contribution in [1.29, 1.82) is 0 Å². The molecule has 1 fully saturated rings. The molecule has 0 amide bonds. The van der Waals surface area contributed by atoms with Gasteiger partial charge in [0.2, 0.25) is 5.88 Å². The van der Waals surface area contributed by atoms with E-state index in [9.17, 15) is 0 Å². The van der Waals surface area contributed by atoms with Crippen LogP contribution in [0, 0.1) is 0 Å². The number of nitrogen functional groups attached to an aromatic ring is 1. The summed E-state index contributed by atoms with van der Waals surface area (Å²) in [6.45, 7) is 1.49. The SMILES string of the molecule is COc1cccc(-c2c(C3CCCOC3)noc2N)c1. The van der Waals surface area contributed by atoms with Crippen LogP contribution in [0.4, 0.5) is 5.88 Å². The Bertz CT molecular complexity index is 589. The number of benzene rings is 1. The van der Waals surface area contributed by atoms with E-state index in [-0.39, 0.29) is 5.92 Å². The number of rotatable bonds is 3. The molecule has 0 spiro atoms. The van der Waals surface area contributed by atoms with E-state index in [1.807, 2.05) is 24.3 Å². The van der Waals surface area contributed by atoms with Gasteiger partial charge >= 0.3 is 0 Å². The lowest BCUT2D eigenvalue weighted by molar-refractivity contribution is 0.0785. The maximum Gasteiger partial charge on any atom is 0.230 e. The van der Waals surface area contributed by atoms with E-state index in [1.54, 1.807) is 7.11 Å². The van der Waals surface area contributed by atoms with E-state index in [0.29, 0.717) is 12.5 Å². The Hall–Kier alpha value is -2.01. The summed E-state index contributed by atoms with van der Waals surface area (Å²) in [7, 11) is 1.64. The van der Waals surface area contributed by atoms with Crippen LogP contribution < -0.4 is 10.5 Å². The molecule has 2 N–H and O–H groups in total. The molecule has 1 aliphatic rings. The summed E-state index contributed by atoms with van der Waals surface area (Å²) < 4.78 is 16.0. The molecule has 5 nitrogen and oxygen atoms in total. The minimum atomic E-state index is 0.242. The van der Waals surface area contributed by atoms with Gasteiger partial charge in [-0.15, -0.1) is 0 Å². The van der Waals surface area contributed by atoms with E-state index in [2.05, 4.69) is 5.16 Å². The molecule has 1 saturated heterocycles. The first kappa shape index (κ1) is 13.0. The lowest BCUT2D eigenvalue weighted by Crippen LogP contribution is -2.16. The molecule has 2 heterocycles. The van der Waals surface area contributed by atoms with Gasteiger partial charge in [0, 0.05) is 12.5 Å². The highest BCUT2D eigenvalue weighted by atomic mass is 16.5. The van der Waals surface area contributed by atoms with Crippen LogP contribution in [0.1, 0.15) is 24.5 Å². The summed E-state index contributed by atoms with van der Waals surface area (Å²) >= 11 is 0. The number of nitrogens with two attached hydrogens (primary N) is 1. The second-order valence-electron chi connectivity index (χ2n) is 4.95. The van der Waals surface area contributed by atoms with Crippen molar-refractivity contribution in [3.63, 3.8) is 0 Å². The Morgan fingerprint density at radius 3 is 3.05 bits per heavy atom. The largest absolute Gasteiger partial charge is 0.497 e. The minimum Gasteiger partial charge on any atom is -0.497 e. The van der Waals surface area contributed by atoms with E-state index >= 15 is 0 Å². The highest BCUT2D eigenvalue weighted by Gasteiger charge is 2.25. The fourth-order valence-electron chi connectivity index (χ4n) is 2.62. The second kappa shape index (κ2) is 5.54. The first-order chi connectivity index (χ1) is 9.79. The van der Waals surface area contributed by atoms with E-state index in [4.69, 9.17) is 19.7 Å². The third kappa shape index (κ3) is 2.36. The third-order valence-corrected chi connectivity index (χ3v) is 3.65. The Balaban J connectivity index is 2.01. The van der Waals surface area contributed by atoms with Crippen LogP contribution in [-0.4, -0.2) is 25.5 Å². The van der Waals surface area contributed by atoms with Crippen molar-refractivity contribution < 1.29 is 14.0 Å². The van der Waals surface area contributed by atoms with Gasteiger partial charge in [-0.05, 0) is 30.5 Å². The molecule has 1 unspecified atom stereocenters. The van der Waals surface area contributed by atoms with E-state index in [0.717, 1.165) is 42.0 Å².